The number of ether oxygens (including phenoxy) is 2. The van der Waals surface area contributed by atoms with Crippen LogP contribution in [0.5, 0.6) is 11.5 Å². The third kappa shape index (κ3) is 3.51. The molecule has 0 aliphatic carbocycles. The van der Waals surface area contributed by atoms with E-state index in [0.29, 0.717) is 36.9 Å². The van der Waals surface area contributed by atoms with E-state index in [9.17, 15) is 4.79 Å². The van der Waals surface area contributed by atoms with Gasteiger partial charge in [-0.3, -0.25) is 9.69 Å². The molecule has 1 aromatic carbocycles. The zero-order valence-corrected chi connectivity index (χ0v) is 14.8. The van der Waals surface area contributed by atoms with Crippen LogP contribution in [0.1, 0.15) is 11.9 Å². The van der Waals surface area contributed by atoms with Gasteiger partial charge in [-0.05, 0) is 12.1 Å². The number of carbonyl (C=O) groups excluding carboxylic acids is 1. The maximum Gasteiger partial charge on any atom is 0.238 e. The van der Waals surface area contributed by atoms with Gasteiger partial charge in [0.2, 0.25) is 5.91 Å². The van der Waals surface area contributed by atoms with Gasteiger partial charge in [0.15, 0.2) is 11.5 Å². The fourth-order valence-electron chi connectivity index (χ4n) is 3.39. The first kappa shape index (κ1) is 16.9. The van der Waals surface area contributed by atoms with Crippen LogP contribution in [0.25, 0.3) is 0 Å². The minimum atomic E-state index is -0.0530. The van der Waals surface area contributed by atoms with E-state index in [2.05, 4.69) is 20.5 Å². The Morgan fingerprint density at radius 2 is 2.19 bits per heavy atom. The molecule has 2 aromatic rings. The van der Waals surface area contributed by atoms with Crippen molar-refractivity contribution in [2.75, 3.05) is 44.7 Å². The van der Waals surface area contributed by atoms with Crippen molar-refractivity contribution in [3.63, 3.8) is 0 Å². The van der Waals surface area contributed by atoms with E-state index in [1.807, 2.05) is 29.9 Å². The maximum absolute atomic E-state index is 12.6. The predicted molar refractivity (Wildman–Crippen MR) is 96.5 cm³/mol. The third-order valence-corrected chi connectivity index (χ3v) is 4.68. The summed E-state index contributed by atoms with van der Waals surface area (Å²) in [6.07, 6.45) is 3.72. The van der Waals surface area contributed by atoms with E-state index in [1.54, 1.807) is 12.3 Å². The summed E-state index contributed by atoms with van der Waals surface area (Å²) in [4.78, 5) is 19.2. The number of hydrogen-bond acceptors (Lipinski definition) is 6. The molecular formula is C18H23N5O3. The number of fused-ring (bicyclic) bond motifs is 1. The molecule has 4 rings (SSSR count). The van der Waals surface area contributed by atoms with Crippen LogP contribution in [-0.4, -0.2) is 59.8 Å². The lowest BCUT2D eigenvalue weighted by atomic mass is 10.1. The molecule has 138 valence electrons. The van der Waals surface area contributed by atoms with E-state index >= 15 is 0 Å². The number of rotatable bonds is 4. The number of benzene rings is 1. The molecule has 8 nitrogen and oxygen atoms in total. The van der Waals surface area contributed by atoms with Gasteiger partial charge in [-0.15, -0.1) is 0 Å². The second kappa shape index (κ2) is 7.35. The number of nitrogens with zero attached hydrogens (tertiary/aromatic N) is 3. The molecule has 1 fully saturated rings. The van der Waals surface area contributed by atoms with Crippen molar-refractivity contribution >= 4 is 11.6 Å². The molecule has 2 N–H and O–H groups in total. The van der Waals surface area contributed by atoms with Crippen molar-refractivity contribution in [2.45, 2.75) is 6.04 Å². The van der Waals surface area contributed by atoms with Gasteiger partial charge in [0.1, 0.15) is 19.0 Å². The summed E-state index contributed by atoms with van der Waals surface area (Å²) in [5.41, 5.74) is 0.711. The number of aromatic nitrogens is 2. The van der Waals surface area contributed by atoms with Crippen LogP contribution in [-0.2, 0) is 11.8 Å². The standard InChI is InChI=1S/C18H23N5O3/c1-22-6-5-20-18(22)14-11-19-4-7-23(14)12-17(24)21-13-2-3-15-16(10-13)26-9-8-25-15/h2-3,5-6,10,14,19H,4,7-9,11-12H2,1H3,(H,21,24). The van der Waals surface area contributed by atoms with Gasteiger partial charge in [-0.25, -0.2) is 4.98 Å². The fraction of sp³-hybridized carbons (Fsp3) is 0.444. The second-order valence-electron chi connectivity index (χ2n) is 6.49. The monoisotopic (exact) mass is 357 g/mol. The van der Waals surface area contributed by atoms with Gasteiger partial charge >= 0.3 is 0 Å². The van der Waals surface area contributed by atoms with Crippen LogP contribution < -0.4 is 20.1 Å². The van der Waals surface area contributed by atoms with Crippen LogP contribution in [0.15, 0.2) is 30.6 Å². The lowest BCUT2D eigenvalue weighted by Gasteiger charge is -2.35. The zero-order chi connectivity index (χ0) is 17.9. The fourth-order valence-corrected chi connectivity index (χ4v) is 3.39. The third-order valence-electron chi connectivity index (χ3n) is 4.68. The van der Waals surface area contributed by atoms with Crippen LogP contribution in [0.3, 0.4) is 0 Å². The van der Waals surface area contributed by atoms with E-state index < -0.39 is 0 Å². The quantitative estimate of drug-likeness (QED) is 0.842. The Hall–Kier alpha value is -2.58. The highest BCUT2D eigenvalue weighted by atomic mass is 16.6. The summed E-state index contributed by atoms with van der Waals surface area (Å²) >= 11 is 0. The summed E-state index contributed by atoms with van der Waals surface area (Å²) in [6.45, 7) is 3.83. The molecular weight excluding hydrogens is 334 g/mol. The van der Waals surface area contributed by atoms with Crippen molar-refractivity contribution in [3.8, 4) is 11.5 Å². The number of anilines is 1. The minimum absolute atomic E-state index is 0.0530. The molecule has 1 unspecified atom stereocenters. The highest BCUT2D eigenvalue weighted by Gasteiger charge is 2.28. The summed E-state index contributed by atoms with van der Waals surface area (Å²) < 4.78 is 13.1. The van der Waals surface area contributed by atoms with Crippen molar-refractivity contribution < 1.29 is 14.3 Å². The molecule has 26 heavy (non-hydrogen) atoms. The lowest BCUT2D eigenvalue weighted by Crippen LogP contribution is -2.49. The molecule has 0 radical (unpaired) electrons. The first-order chi connectivity index (χ1) is 12.7. The number of carbonyl (C=O) groups is 1. The van der Waals surface area contributed by atoms with Crippen molar-refractivity contribution in [1.82, 2.24) is 19.8 Å². The van der Waals surface area contributed by atoms with Crippen molar-refractivity contribution in [1.29, 1.82) is 0 Å². The van der Waals surface area contributed by atoms with Gasteiger partial charge in [0.25, 0.3) is 0 Å². The number of hydrogen-bond donors (Lipinski definition) is 2. The topological polar surface area (TPSA) is 80.7 Å². The lowest BCUT2D eigenvalue weighted by molar-refractivity contribution is -0.118. The number of aryl methyl sites for hydroxylation is 1. The average Bonchev–Trinajstić information content (AvgIpc) is 3.08. The Kier molecular flexibility index (Phi) is 4.77. The molecule has 2 aliphatic rings. The minimum Gasteiger partial charge on any atom is -0.486 e. The molecule has 8 heteroatoms. The highest BCUT2D eigenvalue weighted by molar-refractivity contribution is 5.92. The average molecular weight is 357 g/mol. The Bertz CT molecular complexity index is 791. The zero-order valence-electron chi connectivity index (χ0n) is 14.8. The molecule has 1 atom stereocenters. The van der Waals surface area contributed by atoms with Gasteiger partial charge < -0.3 is 24.7 Å². The normalized spacial score (nSPS) is 20.0. The van der Waals surface area contributed by atoms with Crippen LogP contribution in [0.4, 0.5) is 5.69 Å². The second-order valence-corrected chi connectivity index (χ2v) is 6.49. The molecule has 1 aromatic heterocycles. The molecule has 0 saturated carbocycles. The van der Waals surface area contributed by atoms with Crippen LogP contribution >= 0.6 is 0 Å². The van der Waals surface area contributed by atoms with E-state index in [-0.39, 0.29) is 11.9 Å². The smallest absolute Gasteiger partial charge is 0.238 e. The summed E-state index contributed by atoms with van der Waals surface area (Å²) in [5.74, 6) is 2.29. The van der Waals surface area contributed by atoms with E-state index in [1.165, 1.54) is 0 Å². The van der Waals surface area contributed by atoms with Crippen molar-refractivity contribution in [2.24, 2.45) is 7.05 Å². The number of piperazine rings is 1. The van der Waals surface area contributed by atoms with Gasteiger partial charge in [0.05, 0.1) is 12.6 Å². The van der Waals surface area contributed by atoms with E-state index in [4.69, 9.17) is 9.47 Å². The number of nitrogens with one attached hydrogen (secondary N) is 2. The Morgan fingerprint density at radius 3 is 3.00 bits per heavy atom. The number of amides is 1. The summed E-state index contributed by atoms with van der Waals surface area (Å²) in [7, 11) is 1.98. The predicted octanol–water partition coefficient (Wildman–Crippen LogP) is 0.776. The molecule has 1 saturated heterocycles. The van der Waals surface area contributed by atoms with Gasteiger partial charge in [-0.1, -0.05) is 0 Å². The summed E-state index contributed by atoms with van der Waals surface area (Å²) in [6, 6.07) is 5.54. The largest absolute Gasteiger partial charge is 0.486 e. The van der Waals surface area contributed by atoms with Gasteiger partial charge in [0, 0.05) is 50.8 Å². The maximum atomic E-state index is 12.6. The first-order valence-corrected chi connectivity index (χ1v) is 8.82. The van der Waals surface area contributed by atoms with Crippen LogP contribution in [0.2, 0.25) is 0 Å². The van der Waals surface area contributed by atoms with Gasteiger partial charge in [-0.2, -0.15) is 0 Å². The Labute approximate surface area is 152 Å². The molecule has 2 aliphatic heterocycles. The highest BCUT2D eigenvalue weighted by Crippen LogP contribution is 2.32. The Morgan fingerprint density at radius 1 is 1.35 bits per heavy atom. The number of imidazole rings is 1. The molecule has 3 heterocycles. The molecule has 0 bridgehead atoms. The first-order valence-electron chi connectivity index (χ1n) is 8.82. The molecule has 0 spiro atoms. The summed E-state index contributed by atoms with van der Waals surface area (Å²) in [5, 5.41) is 6.34. The SMILES string of the molecule is Cn1ccnc1C1CNCCN1CC(=O)Nc1ccc2c(c1)OCCO2. The molecule has 1 amide bonds. The Balaban J connectivity index is 1.42. The van der Waals surface area contributed by atoms with E-state index in [0.717, 1.165) is 25.5 Å². The van der Waals surface area contributed by atoms with Crippen molar-refractivity contribution in [3.05, 3.63) is 36.4 Å². The van der Waals surface area contributed by atoms with Crippen LogP contribution in [0, 0.1) is 0 Å².